The summed E-state index contributed by atoms with van der Waals surface area (Å²) in [5.41, 5.74) is 5.97. The lowest BCUT2D eigenvalue weighted by atomic mass is 10.0. The highest BCUT2D eigenvalue weighted by Crippen LogP contribution is 2.33. The number of hydrogen-bond donors (Lipinski definition) is 2. The molecular formula is C31H29F6N5. The molecule has 0 saturated carbocycles. The van der Waals surface area contributed by atoms with Crippen LogP contribution in [0, 0.1) is 0 Å². The molecule has 3 N–H and O–H groups in total. The number of likely N-dealkylation sites (N-methyl/N-ethyl adjacent to an activating group) is 1. The van der Waals surface area contributed by atoms with Crippen LogP contribution < -0.4 is 11.1 Å². The zero-order chi connectivity index (χ0) is 30.3. The van der Waals surface area contributed by atoms with Crippen molar-refractivity contribution in [2.75, 3.05) is 18.9 Å². The summed E-state index contributed by atoms with van der Waals surface area (Å²) in [5.74, 6) is 0.734. The molecule has 0 aliphatic rings. The van der Waals surface area contributed by atoms with Crippen LogP contribution in [-0.4, -0.2) is 34.6 Å². The first-order valence-corrected chi connectivity index (χ1v) is 13.0. The van der Waals surface area contributed by atoms with E-state index in [1.807, 2.05) is 42.3 Å². The maximum atomic E-state index is 13.6. The monoisotopic (exact) mass is 585 g/mol. The third-order valence-corrected chi connectivity index (χ3v) is 6.49. The second-order valence-electron chi connectivity index (χ2n) is 9.76. The topological polar surface area (TPSA) is 67.1 Å². The molecule has 0 unspecified atom stereocenters. The van der Waals surface area contributed by atoms with E-state index < -0.39 is 29.9 Å². The fourth-order valence-electron chi connectivity index (χ4n) is 4.31. The molecule has 1 aromatic heterocycles. The number of fused-ring (bicyclic) bond motifs is 1. The summed E-state index contributed by atoms with van der Waals surface area (Å²) in [6.45, 7) is 1.03. The Kier molecular flexibility index (Phi) is 9.52. The summed E-state index contributed by atoms with van der Waals surface area (Å²) in [6, 6.07) is 19.1. The number of benzene rings is 3. The molecule has 1 heterocycles. The van der Waals surface area contributed by atoms with Gasteiger partial charge >= 0.3 is 12.4 Å². The van der Waals surface area contributed by atoms with E-state index in [0.29, 0.717) is 46.9 Å². The number of anilines is 2. The normalized spacial score (nSPS) is 12.9. The molecule has 0 saturated heterocycles. The van der Waals surface area contributed by atoms with Crippen molar-refractivity contribution in [3.63, 3.8) is 0 Å². The molecule has 11 heteroatoms. The molecule has 42 heavy (non-hydrogen) atoms. The van der Waals surface area contributed by atoms with Gasteiger partial charge in [0.2, 0.25) is 0 Å². The molecular weight excluding hydrogens is 556 g/mol. The molecule has 4 aromatic rings. The van der Waals surface area contributed by atoms with Crippen molar-refractivity contribution >= 4 is 22.4 Å². The largest absolute Gasteiger partial charge is 0.416 e. The van der Waals surface area contributed by atoms with Crippen LogP contribution in [0.25, 0.3) is 10.9 Å². The first-order chi connectivity index (χ1) is 19.9. The van der Waals surface area contributed by atoms with Gasteiger partial charge in [-0.05, 0) is 73.3 Å². The highest BCUT2D eigenvalue weighted by Gasteiger charge is 2.33. The van der Waals surface area contributed by atoms with Gasteiger partial charge in [-0.2, -0.15) is 26.3 Å². The summed E-state index contributed by atoms with van der Waals surface area (Å²) in [4.78, 5) is 11.3. The molecule has 0 bridgehead atoms. The quantitative estimate of drug-likeness (QED) is 0.148. The minimum atomic E-state index is -4.55. The third kappa shape index (κ3) is 8.32. The maximum absolute atomic E-state index is 13.6. The Hall–Kier alpha value is -4.38. The van der Waals surface area contributed by atoms with Gasteiger partial charge < -0.3 is 11.1 Å². The standard InChI is InChI=1S/C31H29F6N5/c1-42(17-15-21-6-3-2-4-7-21)20-28-40-27-19-22(18-24(8-5-16-38)31(35,36)37)9-14-26(27)29(41-28)39-25-12-10-23(11-13-25)30(32,33)34/h2-14,16,19H,15,17-18,20,38H2,1H3,(H,39,40,41)/b16-5-,24-8+. The van der Waals surface area contributed by atoms with Gasteiger partial charge in [0.15, 0.2) is 0 Å². The van der Waals surface area contributed by atoms with Gasteiger partial charge in [-0.25, -0.2) is 9.97 Å². The first-order valence-electron chi connectivity index (χ1n) is 13.0. The van der Waals surface area contributed by atoms with Gasteiger partial charge in [-0.1, -0.05) is 42.5 Å². The van der Waals surface area contributed by atoms with E-state index in [0.717, 1.165) is 42.5 Å². The predicted molar refractivity (Wildman–Crippen MR) is 152 cm³/mol. The Morgan fingerprint density at radius 1 is 0.905 bits per heavy atom. The molecule has 3 aromatic carbocycles. The Morgan fingerprint density at radius 2 is 1.62 bits per heavy atom. The molecule has 0 radical (unpaired) electrons. The summed E-state index contributed by atoms with van der Waals surface area (Å²) in [5, 5.41) is 3.57. The minimum absolute atomic E-state index is 0.329. The Labute approximate surface area is 239 Å². The van der Waals surface area contributed by atoms with Crippen molar-refractivity contribution in [3.8, 4) is 0 Å². The molecule has 0 atom stereocenters. The van der Waals surface area contributed by atoms with Gasteiger partial charge in [0, 0.05) is 29.6 Å². The van der Waals surface area contributed by atoms with Gasteiger partial charge in [-0.3, -0.25) is 4.90 Å². The number of aromatic nitrogens is 2. The molecule has 0 fully saturated rings. The SMILES string of the molecule is CN(CCc1ccccc1)Cc1nc(Nc2ccc(C(F)(F)F)cc2)c2ccc(C/C(=C\C=C/N)C(F)(F)F)cc2n1. The Balaban J connectivity index is 1.66. The fourth-order valence-corrected chi connectivity index (χ4v) is 4.31. The van der Waals surface area contributed by atoms with Crippen LogP contribution in [0.3, 0.4) is 0 Å². The van der Waals surface area contributed by atoms with Gasteiger partial charge in [0.1, 0.15) is 11.6 Å². The van der Waals surface area contributed by atoms with E-state index in [9.17, 15) is 26.3 Å². The van der Waals surface area contributed by atoms with Crippen LogP contribution in [0.4, 0.5) is 37.8 Å². The molecule has 220 valence electrons. The van der Waals surface area contributed by atoms with Gasteiger partial charge in [-0.15, -0.1) is 0 Å². The average molecular weight is 586 g/mol. The smallest absolute Gasteiger partial charge is 0.405 e. The molecule has 0 spiro atoms. The molecule has 4 rings (SSSR count). The lowest BCUT2D eigenvalue weighted by Crippen LogP contribution is -2.22. The van der Waals surface area contributed by atoms with Crippen LogP contribution in [0.15, 0.2) is 96.7 Å². The number of halogens is 6. The van der Waals surface area contributed by atoms with Gasteiger partial charge in [0.05, 0.1) is 17.6 Å². The second-order valence-corrected chi connectivity index (χ2v) is 9.76. The molecule has 0 aliphatic heterocycles. The fraction of sp³-hybridized carbons (Fsp3) is 0.226. The predicted octanol–water partition coefficient (Wildman–Crippen LogP) is 7.57. The second kappa shape index (κ2) is 13.1. The van der Waals surface area contributed by atoms with Crippen LogP contribution in [0.2, 0.25) is 0 Å². The third-order valence-electron chi connectivity index (χ3n) is 6.49. The maximum Gasteiger partial charge on any atom is 0.416 e. The van der Waals surface area contributed by atoms with E-state index in [2.05, 4.69) is 15.3 Å². The molecule has 0 aliphatic carbocycles. The van der Waals surface area contributed by atoms with Crippen LogP contribution >= 0.6 is 0 Å². The van der Waals surface area contributed by atoms with Crippen molar-refractivity contribution in [3.05, 3.63) is 119 Å². The lowest BCUT2D eigenvalue weighted by Gasteiger charge is -2.18. The molecule has 5 nitrogen and oxygen atoms in total. The van der Waals surface area contributed by atoms with Crippen molar-refractivity contribution in [2.45, 2.75) is 31.7 Å². The van der Waals surface area contributed by atoms with Crippen LogP contribution in [0.1, 0.15) is 22.5 Å². The number of hydrogen-bond acceptors (Lipinski definition) is 5. The number of alkyl halides is 6. The average Bonchev–Trinajstić information content (AvgIpc) is 2.94. The van der Waals surface area contributed by atoms with E-state index in [-0.39, 0.29) is 0 Å². The Morgan fingerprint density at radius 3 is 2.26 bits per heavy atom. The van der Waals surface area contributed by atoms with Crippen molar-refractivity contribution in [1.29, 1.82) is 0 Å². The van der Waals surface area contributed by atoms with Crippen molar-refractivity contribution in [1.82, 2.24) is 14.9 Å². The first kappa shape index (κ1) is 30.6. The Bertz CT molecular complexity index is 1540. The highest BCUT2D eigenvalue weighted by molar-refractivity contribution is 5.91. The zero-order valence-corrected chi connectivity index (χ0v) is 22.7. The molecule has 0 amide bonds. The minimum Gasteiger partial charge on any atom is -0.405 e. The lowest BCUT2D eigenvalue weighted by molar-refractivity contribution is -0.137. The number of nitrogens with one attached hydrogen (secondary N) is 1. The summed E-state index contributed by atoms with van der Waals surface area (Å²) in [7, 11) is 1.90. The summed E-state index contributed by atoms with van der Waals surface area (Å²) >= 11 is 0. The number of rotatable bonds is 10. The van der Waals surface area contributed by atoms with E-state index in [4.69, 9.17) is 5.73 Å². The van der Waals surface area contributed by atoms with E-state index in [1.165, 1.54) is 12.1 Å². The van der Waals surface area contributed by atoms with Crippen LogP contribution in [-0.2, 0) is 25.6 Å². The van der Waals surface area contributed by atoms with E-state index in [1.54, 1.807) is 18.2 Å². The van der Waals surface area contributed by atoms with Gasteiger partial charge in [0.25, 0.3) is 0 Å². The zero-order valence-electron chi connectivity index (χ0n) is 22.7. The number of nitrogens with zero attached hydrogens (tertiary/aromatic N) is 3. The van der Waals surface area contributed by atoms with Crippen molar-refractivity contribution < 1.29 is 26.3 Å². The van der Waals surface area contributed by atoms with Crippen molar-refractivity contribution in [2.24, 2.45) is 5.73 Å². The summed E-state index contributed by atoms with van der Waals surface area (Å²) < 4.78 is 79.9. The van der Waals surface area contributed by atoms with Crippen LogP contribution in [0.5, 0.6) is 0 Å². The highest BCUT2D eigenvalue weighted by atomic mass is 19.4. The number of allylic oxidation sites excluding steroid dienone is 3. The summed E-state index contributed by atoms with van der Waals surface area (Å²) in [6.07, 6.45) is -5.56. The number of nitrogens with two attached hydrogens (primary N) is 1. The van der Waals surface area contributed by atoms with E-state index >= 15 is 0 Å².